The van der Waals surface area contributed by atoms with Crippen LogP contribution in [0.5, 0.6) is 0 Å². The van der Waals surface area contributed by atoms with E-state index in [9.17, 15) is 31.5 Å². The Morgan fingerprint density at radius 1 is 1.21 bits per heavy atom. The summed E-state index contributed by atoms with van der Waals surface area (Å²) < 4.78 is 66.7. The van der Waals surface area contributed by atoms with E-state index in [1.165, 1.54) is 17.2 Å². The summed E-state index contributed by atoms with van der Waals surface area (Å²) in [5, 5.41) is 2.35. The number of pyridine rings is 2. The lowest BCUT2D eigenvalue weighted by Crippen LogP contribution is -2.30. The third-order valence-corrected chi connectivity index (χ3v) is 4.49. The highest BCUT2D eigenvalue weighted by Gasteiger charge is 2.35. The molecule has 1 fully saturated rings. The van der Waals surface area contributed by atoms with Crippen LogP contribution in [0.2, 0.25) is 0 Å². The van der Waals surface area contributed by atoms with Gasteiger partial charge in [-0.05, 0) is 18.6 Å². The van der Waals surface area contributed by atoms with Gasteiger partial charge in [0.25, 0.3) is 5.91 Å². The number of hydrogen-bond acceptors (Lipinski definition) is 4. The van der Waals surface area contributed by atoms with Crippen molar-refractivity contribution in [2.24, 2.45) is 0 Å². The molecule has 0 unspecified atom stereocenters. The number of hydrogen-bond donors (Lipinski definition) is 2. The van der Waals surface area contributed by atoms with Crippen molar-refractivity contribution in [2.75, 3.05) is 23.3 Å². The topological polar surface area (TPSA) is 78.1 Å². The van der Waals surface area contributed by atoms with Gasteiger partial charge < -0.3 is 15.2 Å². The van der Waals surface area contributed by atoms with Crippen LogP contribution < -0.4 is 15.8 Å². The van der Waals surface area contributed by atoms with E-state index in [1.54, 1.807) is 0 Å². The zero-order chi connectivity index (χ0) is 21.2. The molecule has 0 radical (unpaired) electrons. The second kappa shape index (κ2) is 7.80. The minimum absolute atomic E-state index is 0.0736. The van der Waals surface area contributed by atoms with Crippen molar-refractivity contribution < 1.29 is 26.7 Å². The molecular formula is C18H17F5N4O2. The van der Waals surface area contributed by atoms with E-state index in [2.05, 4.69) is 15.3 Å². The standard InChI is InChI=1S/C18H17F5N4O2/c19-17(20)3-1-6-27(7-4-17)15-13(8-11(10-25-15)18(21,22)23)16(29)26-12-2-5-24-14(28)9-12/h2,5,8-10H,1,3-4,6-7H2,(H2,24,26,28,29). The van der Waals surface area contributed by atoms with Gasteiger partial charge in [0.05, 0.1) is 11.1 Å². The van der Waals surface area contributed by atoms with E-state index in [4.69, 9.17) is 0 Å². The van der Waals surface area contributed by atoms with E-state index in [-0.39, 0.29) is 37.4 Å². The third kappa shape index (κ3) is 5.09. The summed E-state index contributed by atoms with van der Waals surface area (Å²) in [6.07, 6.45) is -3.65. The van der Waals surface area contributed by atoms with Crippen LogP contribution in [0.3, 0.4) is 0 Å². The van der Waals surface area contributed by atoms with Crippen molar-refractivity contribution in [3.8, 4) is 0 Å². The van der Waals surface area contributed by atoms with Gasteiger partial charge in [-0.2, -0.15) is 13.2 Å². The highest BCUT2D eigenvalue weighted by Crippen LogP contribution is 2.34. The first-order chi connectivity index (χ1) is 13.5. The average molecular weight is 416 g/mol. The quantitative estimate of drug-likeness (QED) is 0.749. The van der Waals surface area contributed by atoms with Gasteiger partial charge in [0.2, 0.25) is 11.5 Å². The lowest BCUT2D eigenvalue weighted by molar-refractivity contribution is -0.137. The van der Waals surface area contributed by atoms with Crippen LogP contribution >= 0.6 is 0 Å². The van der Waals surface area contributed by atoms with Crippen molar-refractivity contribution in [3.63, 3.8) is 0 Å². The molecule has 6 nitrogen and oxygen atoms in total. The first-order valence-electron chi connectivity index (χ1n) is 8.75. The van der Waals surface area contributed by atoms with Crippen LogP contribution in [0.25, 0.3) is 0 Å². The Morgan fingerprint density at radius 3 is 2.66 bits per heavy atom. The molecule has 0 aliphatic carbocycles. The lowest BCUT2D eigenvalue weighted by Gasteiger charge is -2.24. The number of anilines is 2. The smallest absolute Gasteiger partial charge is 0.356 e. The molecule has 1 aliphatic heterocycles. The third-order valence-electron chi connectivity index (χ3n) is 4.49. The summed E-state index contributed by atoms with van der Waals surface area (Å²) in [5.41, 5.74) is -1.99. The van der Waals surface area contributed by atoms with Gasteiger partial charge in [-0.25, -0.2) is 13.8 Å². The zero-order valence-corrected chi connectivity index (χ0v) is 15.0. The van der Waals surface area contributed by atoms with E-state index < -0.39 is 41.1 Å². The zero-order valence-electron chi connectivity index (χ0n) is 15.0. The predicted octanol–water partition coefficient (Wildman–Crippen LogP) is 3.67. The number of alkyl halides is 5. The minimum atomic E-state index is -4.74. The number of amides is 1. The lowest BCUT2D eigenvalue weighted by atomic mass is 10.1. The molecule has 0 aromatic carbocycles. The van der Waals surface area contributed by atoms with Gasteiger partial charge in [-0.3, -0.25) is 9.59 Å². The Hall–Kier alpha value is -2.98. The van der Waals surface area contributed by atoms with Crippen LogP contribution in [-0.4, -0.2) is 34.9 Å². The molecule has 2 aromatic heterocycles. The second-order valence-corrected chi connectivity index (χ2v) is 6.69. The summed E-state index contributed by atoms with van der Waals surface area (Å²) >= 11 is 0. The maximum atomic E-state index is 13.7. The van der Waals surface area contributed by atoms with Crippen LogP contribution in [0.15, 0.2) is 35.4 Å². The summed E-state index contributed by atoms with van der Waals surface area (Å²) in [5.74, 6) is -3.92. The number of nitrogens with one attached hydrogen (secondary N) is 2. The van der Waals surface area contributed by atoms with Gasteiger partial charge in [-0.1, -0.05) is 0 Å². The Bertz CT molecular complexity index is 958. The van der Waals surface area contributed by atoms with E-state index >= 15 is 0 Å². The molecule has 2 aromatic rings. The van der Waals surface area contributed by atoms with Gasteiger partial charge in [0.15, 0.2) is 0 Å². The summed E-state index contributed by atoms with van der Waals surface area (Å²) in [7, 11) is 0. The molecule has 0 bridgehead atoms. The first-order valence-corrected chi connectivity index (χ1v) is 8.75. The Balaban J connectivity index is 1.97. The van der Waals surface area contributed by atoms with Crippen molar-refractivity contribution in [2.45, 2.75) is 31.4 Å². The van der Waals surface area contributed by atoms with Gasteiger partial charge in [-0.15, -0.1) is 0 Å². The number of aromatic nitrogens is 2. The highest BCUT2D eigenvalue weighted by molar-refractivity contribution is 6.07. The maximum Gasteiger partial charge on any atom is 0.417 e. The molecule has 3 heterocycles. The molecule has 0 spiro atoms. The summed E-state index contributed by atoms with van der Waals surface area (Å²) in [4.78, 5) is 31.5. The first kappa shape index (κ1) is 20.7. The normalized spacial score (nSPS) is 16.9. The molecular weight excluding hydrogens is 399 g/mol. The largest absolute Gasteiger partial charge is 0.417 e. The number of H-pyrrole nitrogens is 1. The SMILES string of the molecule is O=C(Nc1cc[nH]c(=O)c1)c1cc(C(F)(F)F)cnc1N1CCCC(F)(F)CC1. The number of halogens is 5. The van der Waals surface area contributed by atoms with Crippen molar-refractivity contribution in [1.29, 1.82) is 0 Å². The molecule has 0 saturated carbocycles. The molecule has 0 atom stereocenters. The van der Waals surface area contributed by atoms with Crippen molar-refractivity contribution in [1.82, 2.24) is 9.97 Å². The van der Waals surface area contributed by atoms with Crippen LogP contribution in [0.1, 0.15) is 35.2 Å². The van der Waals surface area contributed by atoms with Crippen LogP contribution in [0.4, 0.5) is 33.5 Å². The fraction of sp³-hybridized carbons (Fsp3) is 0.389. The second-order valence-electron chi connectivity index (χ2n) is 6.69. The predicted molar refractivity (Wildman–Crippen MR) is 95.3 cm³/mol. The number of aromatic amines is 1. The molecule has 11 heteroatoms. The van der Waals surface area contributed by atoms with Gasteiger partial charge in [0.1, 0.15) is 5.82 Å². The number of rotatable bonds is 3. The molecule has 29 heavy (non-hydrogen) atoms. The Labute approximate surface area is 161 Å². The Kier molecular flexibility index (Phi) is 5.58. The minimum Gasteiger partial charge on any atom is -0.356 e. The van der Waals surface area contributed by atoms with Crippen molar-refractivity contribution in [3.05, 3.63) is 52.1 Å². The molecule has 1 aliphatic rings. The molecule has 156 valence electrons. The molecule has 1 amide bonds. The van der Waals surface area contributed by atoms with Crippen molar-refractivity contribution >= 4 is 17.4 Å². The number of carbonyl (C=O) groups is 1. The van der Waals surface area contributed by atoms with Crippen LogP contribution in [0, 0.1) is 0 Å². The number of carbonyl (C=O) groups excluding carboxylic acids is 1. The average Bonchev–Trinajstić information content (AvgIpc) is 2.81. The van der Waals surface area contributed by atoms with Gasteiger partial charge in [0, 0.05) is 50.1 Å². The highest BCUT2D eigenvalue weighted by atomic mass is 19.4. The summed E-state index contributed by atoms with van der Waals surface area (Å²) in [6.45, 7) is -0.0319. The molecule has 3 rings (SSSR count). The monoisotopic (exact) mass is 416 g/mol. The van der Waals surface area contributed by atoms with E-state index in [0.29, 0.717) is 12.3 Å². The molecule has 1 saturated heterocycles. The molecule has 2 N–H and O–H groups in total. The summed E-state index contributed by atoms with van der Waals surface area (Å²) in [6, 6.07) is 3.05. The number of nitrogens with zero attached hydrogens (tertiary/aromatic N) is 2. The van der Waals surface area contributed by atoms with Crippen LogP contribution in [-0.2, 0) is 6.18 Å². The fourth-order valence-electron chi connectivity index (χ4n) is 3.03. The van der Waals surface area contributed by atoms with E-state index in [1.807, 2.05) is 0 Å². The Morgan fingerprint density at radius 2 is 1.97 bits per heavy atom. The maximum absolute atomic E-state index is 13.7. The fourth-order valence-corrected chi connectivity index (χ4v) is 3.03. The van der Waals surface area contributed by atoms with E-state index in [0.717, 1.165) is 6.07 Å². The van der Waals surface area contributed by atoms with Gasteiger partial charge >= 0.3 is 6.18 Å².